The maximum absolute atomic E-state index is 12.0. The van der Waals surface area contributed by atoms with Crippen molar-refractivity contribution < 1.29 is 14.7 Å². The lowest BCUT2D eigenvalue weighted by atomic mass is 9.96. The molecule has 5 nitrogen and oxygen atoms in total. The third kappa shape index (κ3) is 2.19. The fourth-order valence-electron chi connectivity index (χ4n) is 2.35. The second-order valence-corrected chi connectivity index (χ2v) is 4.78. The quantitative estimate of drug-likeness (QED) is 0.633. The van der Waals surface area contributed by atoms with Crippen LogP contribution in [-0.2, 0) is 9.59 Å². The van der Waals surface area contributed by atoms with Crippen molar-refractivity contribution in [1.82, 2.24) is 10.2 Å². The van der Waals surface area contributed by atoms with Gasteiger partial charge < -0.3 is 15.3 Å². The normalized spacial score (nSPS) is 35.0. The Balaban J connectivity index is 1.92. The number of hydrogen-bond acceptors (Lipinski definition) is 3. The maximum atomic E-state index is 12.0. The van der Waals surface area contributed by atoms with E-state index in [0.717, 1.165) is 0 Å². The molecule has 0 saturated carbocycles. The second kappa shape index (κ2) is 4.41. The van der Waals surface area contributed by atoms with E-state index in [0.29, 0.717) is 32.4 Å². The Hall–Kier alpha value is -1.10. The number of carbonyl (C=O) groups excluding carboxylic acids is 2. The number of likely N-dealkylation sites (tertiary alicyclic amines) is 1. The Bertz CT molecular complexity index is 306. The van der Waals surface area contributed by atoms with Gasteiger partial charge in [-0.25, -0.2) is 0 Å². The highest BCUT2D eigenvalue weighted by Gasteiger charge is 2.34. The van der Waals surface area contributed by atoms with E-state index in [1.807, 2.05) is 6.92 Å². The minimum absolute atomic E-state index is 0.00426. The van der Waals surface area contributed by atoms with Crippen molar-refractivity contribution in [3.8, 4) is 0 Å². The summed E-state index contributed by atoms with van der Waals surface area (Å²) in [7, 11) is 0. The molecule has 0 aromatic heterocycles. The van der Waals surface area contributed by atoms with Crippen LogP contribution in [0.2, 0.25) is 0 Å². The number of amides is 2. The van der Waals surface area contributed by atoms with Crippen LogP contribution in [0.5, 0.6) is 0 Å². The third-order valence-corrected chi connectivity index (χ3v) is 3.47. The highest BCUT2D eigenvalue weighted by molar-refractivity contribution is 5.90. The predicted molar refractivity (Wildman–Crippen MR) is 57.5 cm³/mol. The molecule has 0 bridgehead atoms. The van der Waals surface area contributed by atoms with E-state index in [-0.39, 0.29) is 29.9 Å². The molecule has 2 rings (SSSR count). The van der Waals surface area contributed by atoms with Crippen LogP contribution in [0.3, 0.4) is 0 Å². The standard InChI is InChI=1S/C11H18N2O3/c1-7-6-13(5-4-9(7)14)11(16)8-2-3-10(15)12-8/h7-9,14H,2-6H2,1H3,(H,12,15)/t7?,8-,9?/m0/s1. The summed E-state index contributed by atoms with van der Waals surface area (Å²) < 4.78 is 0. The van der Waals surface area contributed by atoms with Crippen molar-refractivity contribution in [2.75, 3.05) is 13.1 Å². The van der Waals surface area contributed by atoms with Crippen LogP contribution in [0.15, 0.2) is 0 Å². The molecular formula is C11H18N2O3. The lowest BCUT2D eigenvalue weighted by molar-refractivity contribution is -0.137. The molecule has 2 saturated heterocycles. The van der Waals surface area contributed by atoms with Crippen molar-refractivity contribution in [2.24, 2.45) is 5.92 Å². The predicted octanol–water partition coefficient (Wildman–Crippen LogP) is -0.506. The molecule has 0 aromatic rings. The number of rotatable bonds is 1. The Morgan fingerprint density at radius 3 is 2.81 bits per heavy atom. The van der Waals surface area contributed by atoms with Gasteiger partial charge in [0.2, 0.25) is 11.8 Å². The first-order valence-electron chi connectivity index (χ1n) is 5.84. The number of nitrogens with one attached hydrogen (secondary N) is 1. The molecule has 2 aliphatic rings. The van der Waals surface area contributed by atoms with Gasteiger partial charge in [-0.1, -0.05) is 6.92 Å². The molecule has 2 unspecified atom stereocenters. The smallest absolute Gasteiger partial charge is 0.245 e. The Kier molecular flexibility index (Phi) is 3.14. The van der Waals surface area contributed by atoms with Crippen LogP contribution in [0.4, 0.5) is 0 Å². The zero-order valence-corrected chi connectivity index (χ0v) is 9.48. The summed E-state index contributed by atoms with van der Waals surface area (Å²) >= 11 is 0. The number of carbonyl (C=O) groups is 2. The molecule has 2 heterocycles. The van der Waals surface area contributed by atoms with Crippen molar-refractivity contribution in [1.29, 1.82) is 0 Å². The van der Waals surface area contributed by atoms with E-state index < -0.39 is 0 Å². The molecule has 16 heavy (non-hydrogen) atoms. The first-order chi connectivity index (χ1) is 7.58. The van der Waals surface area contributed by atoms with Gasteiger partial charge in [-0.3, -0.25) is 9.59 Å². The van der Waals surface area contributed by atoms with Gasteiger partial charge in [-0.15, -0.1) is 0 Å². The fraction of sp³-hybridized carbons (Fsp3) is 0.818. The van der Waals surface area contributed by atoms with E-state index in [4.69, 9.17) is 0 Å². The molecule has 2 amide bonds. The molecule has 0 aliphatic carbocycles. The lowest BCUT2D eigenvalue weighted by Crippen LogP contribution is -2.50. The zero-order chi connectivity index (χ0) is 11.7. The molecule has 0 aromatic carbocycles. The molecule has 0 radical (unpaired) electrons. The van der Waals surface area contributed by atoms with Crippen LogP contribution in [0, 0.1) is 5.92 Å². The van der Waals surface area contributed by atoms with Crippen LogP contribution in [0.25, 0.3) is 0 Å². The van der Waals surface area contributed by atoms with Crippen LogP contribution in [0.1, 0.15) is 26.2 Å². The summed E-state index contributed by atoms with van der Waals surface area (Å²) in [5.41, 5.74) is 0. The summed E-state index contributed by atoms with van der Waals surface area (Å²) in [6, 6.07) is -0.338. The lowest BCUT2D eigenvalue weighted by Gasteiger charge is -2.35. The number of aliphatic hydroxyl groups excluding tert-OH is 1. The topological polar surface area (TPSA) is 69.6 Å². The maximum Gasteiger partial charge on any atom is 0.245 e. The van der Waals surface area contributed by atoms with Crippen molar-refractivity contribution in [2.45, 2.75) is 38.3 Å². The van der Waals surface area contributed by atoms with Crippen LogP contribution >= 0.6 is 0 Å². The van der Waals surface area contributed by atoms with Crippen molar-refractivity contribution in [3.63, 3.8) is 0 Å². The Morgan fingerprint density at radius 2 is 2.25 bits per heavy atom. The Labute approximate surface area is 94.8 Å². The van der Waals surface area contributed by atoms with Crippen LogP contribution in [-0.4, -0.2) is 47.1 Å². The highest BCUT2D eigenvalue weighted by Crippen LogP contribution is 2.19. The number of hydrogen-bond donors (Lipinski definition) is 2. The first kappa shape index (κ1) is 11.4. The number of piperidine rings is 1. The fourth-order valence-corrected chi connectivity index (χ4v) is 2.35. The molecule has 3 atom stereocenters. The van der Waals surface area contributed by atoms with E-state index in [1.54, 1.807) is 4.90 Å². The van der Waals surface area contributed by atoms with Gasteiger partial charge in [0.15, 0.2) is 0 Å². The monoisotopic (exact) mass is 226 g/mol. The Morgan fingerprint density at radius 1 is 1.50 bits per heavy atom. The summed E-state index contributed by atoms with van der Waals surface area (Å²) in [5, 5.41) is 12.3. The van der Waals surface area contributed by atoms with Gasteiger partial charge in [0.25, 0.3) is 0 Å². The summed E-state index contributed by atoms with van der Waals surface area (Å²) in [6.07, 6.45) is 1.38. The number of aliphatic hydroxyl groups is 1. The van der Waals surface area contributed by atoms with Crippen LogP contribution < -0.4 is 5.32 Å². The zero-order valence-electron chi connectivity index (χ0n) is 9.48. The minimum Gasteiger partial charge on any atom is -0.393 e. The molecule has 5 heteroatoms. The van der Waals surface area contributed by atoms with Crippen molar-refractivity contribution >= 4 is 11.8 Å². The number of nitrogens with zero attached hydrogens (tertiary/aromatic N) is 1. The van der Waals surface area contributed by atoms with Gasteiger partial charge in [0.05, 0.1) is 6.10 Å². The molecule has 90 valence electrons. The van der Waals surface area contributed by atoms with E-state index in [1.165, 1.54) is 0 Å². The van der Waals surface area contributed by atoms with Gasteiger partial charge in [-0.2, -0.15) is 0 Å². The first-order valence-corrected chi connectivity index (χ1v) is 5.84. The van der Waals surface area contributed by atoms with E-state index >= 15 is 0 Å². The average molecular weight is 226 g/mol. The SMILES string of the molecule is CC1CN(C(=O)[C@@H]2CCC(=O)N2)CCC1O. The molecule has 2 N–H and O–H groups in total. The average Bonchev–Trinajstić information content (AvgIpc) is 2.68. The second-order valence-electron chi connectivity index (χ2n) is 4.78. The van der Waals surface area contributed by atoms with E-state index in [2.05, 4.69) is 5.32 Å². The van der Waals surface area contributed by atoms with Gasteiger partial charge in [0, 0.05) is 19.5 Å². The highest BCUT2D eigenvalue weighted by atomic mass is 16.3. The van der Waals surface area contributed by atoms with Gasteiger partial charge in [0.1, 0.15) is 6.04 Å². The molecular weight excluding hydrogens is 208 g/mol. The van der Waals surface area contributed by atoms with Gasteiger partial charge in [-0.05, 0) is 18.8 Å². The molecule has 2 fully saturated rings. The summed E-state index contributed by atoms with van der Waals surface area (Å²) in [5.74, 6) is 0.0860. The van der Waals surface area contributed by atoms with E-state index in [9.17, 15) is 14.7 Å². The third-order valence-electron chi connectivity index (χ3n) is 3.47. The molecule has 0 spiro atoms. The van der Waals surface area contributed by atoms with Gasteiger partial charge >= 0.3 is 0 Å². The summed E-state index contributed by atoms with van der Waals surface area (Å²) in [4.78, 5) is 24.8. The van der Waals surface area contributed by atoms with Crippen molar-refractivity contribution in [3.05, 3.63) is 0 Å². The molecule has 2 aliphatic heterocycles. The summed E-state index contributed by atoms with van der Waals surface area (Å²) in [6.45, 7) is 3.13. The largest absolute Gasteiger partial charge is 0.393 e. The minimum atomic E-state index is -0.338.